The van der Waals surface area contributed by atoms with E-state index in [2.05, 4.69) is 31.6 Å². The number of aliphatic hydroxyl groups excluding tert-OH is 1. The van der Waals surface area contributed by atoms with Gasteiger partial charge in [-0.05, 0) is 102 Å². The second-order valence-electron chi connectivity index (χ2n) is 13.4. The maximum Gasteiger partial charge on any atom is 0.326 e. The molecular formula is C36H61N11O8. The summed E-state index contributed by atoms with van der Waals surface area (Å²) in [7, 11) is 0. The van der Waals surface area contributed by atoms with Crippen molar-refractivity contribution in [2.75, 3.05) is 32.8 Å². The highest BCUT2D eigenvalue weighted by molar-refractivity contribution is 5.97. The summed E-state index contributed by atoms with van der Waals surface area (Å²) in [6.45, 7) is 0.368. The van der Waals surface area contributed by atoms with Gasteiger partial charge in [0.05, 0.1) is 6.61 Å². The van der Waals surface area contributed by atoms with Gasteiger partial charge in [-0.25, -0.2) is 4.79 Å². The molecule has 0 radical (unpaired) electrons. The van der Waals surface area contributed by atoms with Crippen LogP contribution in [0, 0.1) is 0 Å². The number of rotatable bonds is 28. The molecule has 18 N–H and O–H groups in total. The SMILES string of the molecule is NCCCC[C@H](NC(=O)[C@H](CCCCN)NC(=O)[C@H](Cc1c[nH]c2ccccc12)NC(=O)[C@H](CCCCN)NC(=O)[C@H](CCN)NC(=O)[C@@H](N)CO)C(=O)O. The van der Waals surface area contributed by atoms with Crippen LogP contribution in [-0.4, -0.2) is 120 Å². The van der Waals surface area contributed by atoms with E-state index in [1.165, 1.54) is 0 Å². The van der Waals surface area contributed by atoms with E-state index in [0.29, 0.717) is 63.7 Å². The summed E-state index contributed by atoms with van der Waals surface area (Å²) in [6.07, 6.45) is 5.06. The first-order valence-corrected chi connectivity index (χ1v) is 18.9. The molecule has 0 spiro atoms. The minimum atomic E-state index is -1.28. The molecule has 6 atom stereocenters. The minimum Gasteiger partial charge on any atom is -0.480 e. The first-order valence-electron chi connectivity index (χ1n) is 18.9. The van der Waals surface area contributed by atoms with Gasteiger partial charge in [0, 0.05) is 23.5 Å². The van der Waals surface area contributed by atoms with Crippen molar-refractivity contribution >= 4 is 46.4 Å². The Balaban J connectivity index is 2.44. The highest BCUT2D eigenvalue weighted by Gasteiger charge is 2.33. The van der Waals surface area contributed by atoms with Crippen LogP contribution in [0.2, 0.25) is 0 Å². The summed E-state index contributed by atoms with van der Waals surface area (Å²) in [4.78, 5) is 82.7. The van der Waals surface area contributed by atoms with Gasteiger partial charge < -0.3 is 70.4 Å². The van der Waals surface area contributed by atoms with Gasteiger partial charge in [-0.2, -0.15) is 0 Å². The van der Waals surface area contributed by atoms with Gasteiger partial charge in [-0.3, -0.25) is 24.0 Å². The van der Waals surface area contributed by atoms with Gasteiger partial charge in [0.1, 0.15) is 36.3 Å². The predicted molar refractivity (Wildman–Crippen MR) is 207 cm³/mol. The van der Waals surface area contributed by atoms with Crippen molar-refractivity contribution in [2.24, 2.45) is 28.7 Å². The summed E-state index contributed by atoms with van der Waals surface area (Å²) in [5.41, 5.74) is 29.7. The largest absolute Gasteiger partial charge is 0.480 e. The predicted octanol–water partition coefficient (Wildman–Crippen LogP) is -2.73. The Bertz CT molecular complexity index is 1520. The number of carbonyl (C=O) groups is 6. The molecule has 2 aromatic rings. The van der Waals surface area contributed by atoms with Crippen molar-refractivity contribution in [2.45, 2.75) is 107 Å². The third kappa shape index (κ3) is 15.9. The molecule has 1 heterocycles. The molecule has 0 aliphatic heterocycles. The van der Waals surface area contributed by atoms with Crippen molar-refractivity contribution in [3.8, 4) is 0 Å². The Morgan fingerprint density at radius 2 is 1.02 bits per heavy atom. The number of fused-ring (bicyclic) bond motifs is 1. The third-order valence-corrected chi connectivity index (χ3v) is 9.08. The highest BCUT2D eigenvalue weighted by atomic mass is 16.4. The Labute approximate surface area is 321 Å². The molecule has 1 aromatic carbocycles. The first kappa shape index (κ1) is 46.5. The number of carbonyl (C=O) groups excluding carboxylic acids is 5. The topological polar surface area (TPSA) is 349 Å². The molecule has 0 bridgehead atoms. The molecule has 0 fully saturated rings. The fraction of sp³-hybridized carbons (Fsp3) is 0.611. The number of aromatic nitrogens is 1. The molecule has 0 saturated carbocycles. The van der Waals surface area contributed by atoms with Gasteiger partial charge >= 0.3 is 5.97 Å². The number of unbranched alkanes of at least 4 members (excludes halogenated alkanes) is 3. The number of aliphatic carboxylic acids is 1. The number of para-hydroxylation sites is 1. The van der Waals surface area contributed by atoms with Crippen LogP contribution in [0.25, 0.3) is 10.9 Å². The molecule has 19 heteroatoms. The van der Waals surface area contributed by atoms with Crippen molar-refractivity contribution in [3.05, 3.63) is 36.0 Å². The molecule has 55 heavy (non-hydrogen) atoms. The average Bonchev–Trinajstić information content (AvgIpc) is 3.58. The minimum absolute atomic E-state index is 0.00180. The number of benzene rings is 1. The lowest BCUT2D eigenvalue weighted by molar-refractivity contribution is -0.142. The smallest absolute Gasteiger partial charge is 0.326 e. The zero-order valence-corrected chi connectivity index (χ0v) is 31.4. The maximum absolute atomic E-state index is 14.2. The number of hydrogen-bond acceptors (Lipinski definition) is 12. The van der Waals surface area contributed by atoms with E-state index in [1.54, 1.807) is 6.20 Å². The molecule has 0 unspecified atom stereocenters. The van der Waals surface area contributed by atoms with E-state index in [1.807, 2.05) is 24.3 Å². The number of aliphatic hydroxyl groups is 1. The lowest BCUT2D eigenvalue weighted by Crippen LogP contribution is -2.60. The number of amides is 5. The number of carboxylic acid groups (broad SMARTS) is 1. The molecule has 19 nitrogen and oxygen atoms in total. The monoisotopic (exact) mass is 775 g/mol. The van der Waals surface area contributed by atoms with Crippen LogP contribution in [0.3, 0.4) is 0 Å². The molecule has 308 valence electrons. The quantitative estimate of drug-likeness (QED) is 0.0391. The number of aromatic amines is 1. The Morgan fingerprint density at radius 3 is 1.51 bits per heavy atom. The number of nitrogens with two attached hydrogens (primary N) is 5. The van der Waals surface area contributed by atoms with E-state index in [9.17, 15) is 39.0 Å². The number of carboxylic acids is 1. The van der Waals surface area contributed by atoms with Gasteiger partial charge in [0.15, 0.2) is 0 Å². The van der Waals surface area contributed by atoms with Crippen molar-refractivity contribution in [1.82, 2.24) is 31.6 Å². The van der Waals surface area contributed by atoms with E-state index in [4.69, 9.17) is 28.7 Å². The third-order valence-electron chi connectivity index (χ3n) is 9.08. The fourth-order valence-electron chi connectivity index (χ4n) is 5.89. The molecule has 2 rings (SSSR count). The summed E-state index contributed by atoms with van der Waals surface area (Å²) in [6, 6.07) is 0.0730. The zero-order valence-electron chi connectivity index (χ0n) is 31.4. The number of H-pyrrole nitrogens is 1. The Hall–Kier alpha value is -4.66. The molecule has 0 aliphatic carbocycles. The van der Waals surface area contributed by atoms with Gasteiger partial charge in [0.25, 0.3) is 0 Å². The molecule has 5 amide bonds. The molecule has 0 aliphatic rings. The second-order valence-corrected chi connectivity index (χ2v) is 13.4. The zero-order chi connectivity index (χ0) is 40.8. The Kier molecular flexibility index (Phi) is 21.5. The van der Waals surface area contributed by atoms with Gasteiger partial charge in [-0.1, -0.05) is 18.2 Å². The molecule has 1 aromatic heterocycles. The van der Waals surface area contributed by atoms with E-state index in [0.717, 1.165) is 10.9 Å². The lowest BCUT2D eigenvalue weighted by Gasteiger charge is -2.27. The average molecular weight is 776 g/mol. The second kappa shape index (κ2) is 25.4. The van der Waals surface area contributed by atoms with E-state index >= 15 is 0 Å². The van der Waals surface area contributed by atoms with Crippen LogP contribution in [0.15, 0.2) is 30.5 Å². The van der Waals surface area contributed by atoms with E-state index < -0.39 is 78.4 Å². The van der Waals surface area contributed by atoms with Crippen LogP contribution in [-0.2, 0) is 35.2 Å². The first-order chi connectivity index (χ1) is 26.4. The van der Waals surface area contributed by atoms with Crippen LogP contribution < -0.4 is 55.3 Å². The van der Waals surface area contributed by atoms with Crippen molar-refractivity contribution < 1.29 is 39.0 Å². The summed E-state index contributed by atoms with van der Waals surface area (Å²) < 4.78 is 0. The highest BCUT2D eigenvalue weighted by Crippen LogP contribution is 2.20. The van der Waals surface area contributed by atoms with Crippen LogP contribution in [0.4, 0.5) is 0 Å². The molecule has 0 saturated heterocycles. The summed E-state index contributed by atoms with van der Waals surface area (Å²) in [5, 5.41) is 33.0. The normalized spacial score (nSPS) is 14.5. The maximum atomic E-state index is 14.2. The van der Waals surface area contributed by atoms with E-state index in [-0.39, 0.29) is 38.6 Å². The Morgan fingerprint density at radius 1 is 0.582 bits per heavy atom. The summed E-state index contributed by atoms with van der Waals surface area (Å²) >= 11 is 0. The van der Waals surface area contributed by atoms with Crippen LogP contribution in [0.1, 0.15) is 69.8 Å². The van der Waals surface area contributed by atoms with Crippen LogP contribution >= 0.6 is 0 Å². The summed E-state index contributed by atoms with van der Waals surface area (Å²) in [5.74, 6) is -4.89. The molecular weight excluding hydrogens is 714 g/mol. The number of hydrogen-bond donors (Lipinski definition) is 13. The van der Waals surface area contributed by atoms with Crippen molar-refractivity contribution in [3.63, 3.8) is 0 Å². The van der Waals surface area contributed by atoms with Gasteiger partial charge in [0.2, 0.25) is 29.5 Å². The fourth-order valence-corrected chi connectivity index (χ4v) is 5.89. The van der Waals surface area contributed by atoms with Crippen molar-refractivity contribution in [1.29, 1.82) is 0 Å². The lowest BCUT2D eigenvalue weighted by atomic mass is 10.0. The number of nitrogens with one attached hydrogen (secondary N) is 6. The standard InChI is InChI=1S/C36H61N11O8/c37-15-6-3-11-26(32(50)46-29(36(54)55)13-5-8-17-39)45-35(53)30(19-22-20-42-25-10-2-1-9-23(22)25)47-33(51)27(12-4-7-16-38)44-34(52)28(14-18-40)43-31(49)24(41)21-48/h1-2,9-10,20,24,26-30,42,48H,3-8,11-19,21,37-41H2,(H,43,49)(H,44,52)(H,45,53)(H,46,50)(H,47,51)(H,54,55)/t24-,26-,27-,28-,29-,30-/m0/s1. The van der Waals surface area contributed by atoms with Crippen LogP contribution in [0.5, 0.6) is 0 Å². The van der Waals surface area contributed by atoms with Gasteiger partial charge in [-0.15, -0.1) is 0 Å².